The number of aromatic nitrogens is 3. The van der Waals surface area contributed by atoms with E-state index in [0.717, 1.165) is 18.4 Å². The van der Waals surface area contributed by atoms with E-state index in [1.165, 1.54) is 12.1 Å². The van der Waals surface area contributed by atoms with E-state index in [9.17, 15) is 9.18 Å². The molecule has 0 atom stereocenters. The van der Waals surface area contributed by atoms with Gasteiger partial charge in [-0.3, -0.25) is 15.2 Å². The molecule has 0 radical (unpaired) electrons. The van der Waals surface area contributed by atoms with Crippen molar-refractivity contribution in [1.29, 1.82) is 0 Å². The second-order valence-corrected chi connectivity index (χ2v) is 5.12. The first-order chi connectivity index (χ1) is 10.2. The van der Waals surface area contributed by atoms with Crippen molar-refractivity contribution in [2.45, 2.75) is 25.3 Å². The van der Waals surface area contributed by atoms with Gasteiger partial charge in [0.1, 0.15) is 11.6 Å². The summed E-state index contributed by atoms with van der Waals surface area (Å²) in [7, 11) is 0. The highest BCUT2D eigenvalue weighted by molar-refractivity contribution is 5.90. The molecule has 1 heterocycles. The number of nitrogens with zero attached hydrogens (tertiary/aromatic N) is 2. The molecule has 7 heteroatoms. The summed E-state index contributed by atoms with van der Waals surface area (Å²) < 4.78 is 13.1. The van der Waals surface area contributed by atoms with Crippen LogP contribution in [0.4, 0.5) is 10.3 Å². The maximum Gasteiger partial charge on any atom is 0.248 e. The number of nitrogens with one attached hydrogen (secondary N) is 3. The lowest BCUT2D eigenvalue weighted by Gasteiger charge is -2.01. The van der Waals surface area contributed by atoms with Crippen LogP contribution in [-0.2, 0) is 11.2 Å². The normalized spacial score (nSPS) is 14.1. The SMILES string of the molecule is O=C(CNC1CC1)Nc1n[nH]c(Cc2cccc(F)c2)n1. The molecule has 1 aliphatic rings. The summed E-state index contributed by atoms with van der Waals surface area (Å²) in [6, 6.07) is 6.77. The van der Waals surface area contributed by atoms with Crippen LogP contribution in [0.15, 0.2) is 24.3 Å². The summed E-state index contributed by atoms with van der Waals surface area (Å²) in [5.74, 6) is 0.361. The molecule has 0 spiro atoms. The van der Waals surface area contributed by atoms with Crippen molar-refractivity contribution in [1.82, 2.24) is 20.5 Å². The van der Waals surface area contributed by atoms with Gasteiger partial charge in [0.15, 0.2) is 0 Å². The molecule has 0 aliphatic heterocycles. The second-order valence-electron chi connectivity index (χ2n) is 5.12. The van der Waals surface area contributed by atoms with Gasteiger partial charge in [0, 0.05) is 12.5 Å². The first kappa shape index (κ1) is 13.7. The predicted octanol–water partition coefficient (Wildman–Crippen LogP) is 1.23. The number of anilines is 1. The molecule has 6 nitrogen and oxygen atoms in total. The molecule has 0 saturated heterocycles. The van der Waals surface area contributed by atoms with Gasteiger partial charge in [-0.05, 0) is 30.5 Å². The average molecular weight is 289 g/mol. The number of carbonyl (C=O) groups is 1. The van der Waals surface area contributed by atoms with E-state index < -0.39 is 0 Å². The number of halogens is 1. The molecular formula is C14H16FN5O. The van der Waals surface area contributed by atoms with Gasteiger partial charge in [-0.1, -0.05) is 12.1 Å². The molecule has 3 rings (SSSR count). The smallest absolute Gasteiger partial charge is 0.248 e. The van der Waals surface area contributed by atoms with Crippen LogP contribution in [0.25, 0.3) is 0 Å². The van der Waals surface area contributed by atoms with Gasteiger partial charge in [-0.2, -0.15) is 4.98 Å². The monoisotopic (exact) mass is 289 g/mol. The molecule has 1 saturated carbocycles. The Labute approximate surface area is 121 Å². The Hall–Kier alpha value is -2.28. The Morgan fingerprint density at radius 2 is 2.29 bits per heavy atom. The molecule has 1 aliphatic carbocycles. The topological polar surface area (TPSA) is 82.7 Å². The average Bonchev–Trinajstić information content (AvgIpc) is 3.18. The van der Waals surface area contributed by atoms with E-state index in [2.05, 4.69) is 25.8 Å². The van der Waals surface area contributed by atoms with Crippen molar-refractivity contribution < 1.29 is 9.18 Å². The Balaban J connectivity index is 1.54. The van der Waals surface area contributed by atoms with E-state index in [1.54, 1.807) is 6.07 Å². The first-order valence-corrected chi connectivity index (χ1v) is 6.88. The lowest BCUT2D eigenvalue weighted by molar-refractivity contribution is -0.115. The van der Waals surface area contributed by atoms with Crippen LogP contribution in [0.1, 0.15) is 24.2 Å². The number of rotatable bonds is 6. The van der Waals surface area contributed by atoms with Gasteiger partial charge in [-0.15, -0.1) is 5.10 Å². The number of benzene rings is 1. The summed E-state index contributed by atoms with van der Waals surface area (Å²) in [5, 5.41) is 12.4. The fourth-order valence-electron chi connectivity index (χ4n) is 1.96. The molecule has 1 aromatic heterocycles. The van der Waals surface area contributed by atoms with E-state index in [1.807, 2.05) is 6.07 Å². The molecule has 2 aromatic rings. The Morgan fingerprint density at radius 1 is 1.43 bits per heavy atom. The summed E-state index contributed by atoms with van der Waals surface area (Å²) in [6.45, 7) is 0.262. The molecule has 0 unspecified atom stereocenters. The second kappa shape index (κ2) is 6.01. The Morgan fingerprint density at radius 3 is 3.05 bits per heavy atom. The van der Waals surface area contributed by atoms with Crippen LogP contribution < -0.4 is 10.6 Å². The third kappa shape index (κ3) is 4.09. The zero-order valence-electron chi connectivity index (χ0n) is 11.4. The standard InChI is InChI=1S/C14H16FN5O/c15-10-3-1-2-9(6-10)7-12-17-14(20-19-12)18-13(21)8-16-11-4-5-11/h1-3,6,11,16H,4-5,7-8H2,(H2,17,18,19,20,21). The highest BCUT2D eigenvalue weighted by Gasteiger charge is 2.21. The minimum absolute atomic E-state index is 0.168. The van der Waals surface area contributed by atoms with Crippen molar-refractivity contribution in [2.24, 2.45) is 0 Å². The van der Waals surface area contributed by atoms with Crippen molar-refractivity contribution >= 4 is 11.9 Å². The van der Waals surface area contributed by atoms with Gasteiger partial charge in [0.2, 0.25) is 11.9 Å². The first-order valence-electron chi connectivity index (χ1n) is 6.88. The van der Waals surface area contributed by atoms with Crippen molar-refractivity contribution in [3.8, 4) is 0 Å². The van der Waals surface area contributed by atoms with Crippen LogP contribution in [0.5, 0.6) is 0 Å². The lowest BCUT2D eigenvalue weighted by atomic mass is 10.1. The van der Waals surface area contributed by atoms with E-state index in [0.29, 0.717) is 18.3 Å². The highest BCUT2D eigenvalue weighted by atomic mass is 19.1. The zero-order valence-corrected chi connectivity index (χ0v) is 11.4. The summed E-state index contributed by atoms with van der Waals surface area (Å²) in [5.41, 5.74) is 0.791. The van der Waals surface area contributed by atoms with Crippen LogP contribution in [0, 0.1) is 5.82 Å². The number of aromatic amines is 1. The Kier molecular flexibility index (Phi) is 3.92. The molecule has 3 N–H and O–H groups in total. The van der Waals surface area contributed by atoms with Crippen LogP contribution in [0.3, 0.4) is 0 Å². The minimum atomic E-state index is -0.285. The van der Waals surface area contributed by atoms with Crippen molar-refractivity contribution in [2.75, 3.05) is 11.9 Å². The Bertz CT molecular complexity index is 638. The van der Waals surface area contributed by atoms with Crippen LogP contribution in [-0.4, -0.2) is 33.7 Å². The number of hydrogen-bond acceptors (Lipinski definition) is 4. The number of H-pyrrole nitrogens is 1. The minimum Gasteiger partial charge on any atom is -0.306 e. The molecule has 1 aromatic carbocycles. The molecular weight excluding hydrogens is 273 g/mol. The fourth-order valence-corrected chi connectivity index (χ4v) is 1.96. The van der Waals surface area contributed by atoms with Crippen molar-refractivity contribution in [3.05, 3.63) is 41.5 Å². The number of carbonyl (C=O) groups excluding carboxylic acids is 1. The maximum atomic E-state index is 13.1. The van der Waals surface area contributed by atoms with Gasteiger partial charge < -0.3 is 5.32 Å². The molecule has 1 fully saturated rings. The molecule has 1 amide bonds. The van der Waals surface area contributed by atoms with Crippen molar-refractivity contribution in [3.63, 3.8) is 0 Å². The quantitative estimate of drug-likeness (QED) is 0.747. The third-order valence-corrected chi connectivity index (χ3v) is 3.17. The van der Waals surface area contributed by atoms with E-state index >= 15 is 0 Å². The number of amides is 1. The van der Waals surface area contributed by atoms with Gasteiger partial charge in [0.05, 0.1) is 6.54 Å². The molecule has 21 heavy (non-hydrogen) atoms. The summed E-state index contributed by atoms with van der Waals surface area (Å²) in [4.78, 5) is 15.8. The third-order valence-electron chi connectivity index (χ3n) is 3.17. The number of hydrogen-bond donors (Lipinski definition) is 3. The van der Waals surface area contributed by atoms with E-state index in [-0.39, 0.29) is 24.2 Å². The predicted molar refractivity (Wildman–Crippen MR) is 75.2 cm³/mol. The van der Waals surface area contributed by atoms with Gasteiger partial charge in [-0.25, -0.2) is 4.39 Å². The maximum absolute atomic E-state index is 13.1. The van der Waals surface area contributed by atoms with Gasteiger partial charge >= 0.3 is 0 Å². The summed E-state index contributed by atoms with van der Waals surface area (Å²) in [6.07, 6.45) is 2.69. The highest BCUT2D eigenvalue weighted by Crippen LogP contribution is 2.18. The largest absolute Gasteiger partial charge is 0.306 e. The van der Waals surface area contributed by atoms with E-state index in [4.69, 9.17) is 0 Å². The zero-order chi connectivity index (χ0) is 14.7. The molecule has 0 bridgehead atoms. The lowest BCUT2D eigenvalue weighted by Crippen LogP contribution is -2.29. The van der Waals surface area contributed by atoms with Crippen LogP contribution >= 0.6 is 0 Å². The van der Waals surface area contributed by atoms with Crippen LogP contribution in [0.2, 0.25) is 0 Å². The summed E-state index contributed by atoms with van der Waals surface area (Å²) >= 11 is 0. The van der Waals surface area contributed by atoms with Gasteiger partial charge in [0.25, 0.3) is 0 Å². The molecule has 110 valence electrons. The fraction of sp³-hybridized carbons (Fsp3) is 0.357.